The van der Waals surface area contributed by atoms with Crippen molar-refractivity contribution in [1.29, 1.82) is 0 Å². The lowest BCUT2D eigenvalue weighted by atomic mass is 9.81. The number of halogens is 3. The number of fused-ring (bicyclic) bond motifs is 1. The summed E-state index contributed by atoms with van der Waals surface area (Å²) >= 11 is 0. The van der Waals surface area contributed by atoms with Gasteiger partial charge in [0, 0.05) is 32.4 Å². The zero-order chi connectivity index (χ0) is 21.7. The van der Waals surface area contributed by atoms with E-state index in [1.165, 1.54) is 6.33 Å². The molecule has 0 radical (unpaired) electrons. The first-order chi connectivity index (χ1) is 14.0. The van der Waals surface area contributed by atoms with Crippen molar-refractivity contribution in [2.24, 2.45) is 5.92 Å². The van der Waals surface area contributed by atoms with Crippen molar-refractivity contribution >= 4 is 26.9 Å². The number of anilines is 1. The number of piperidine rings is 1. The molecule has 12 heteroatoms. The normalized spacial score (nSPS) is 25.2. The summed E-state index contributed by atoms with van der Waals surface area (Å²) in [5.74, 6) is 0.620. The molecule has 0 atom stereocenters. The van der Waals surface area contributed by atoms with Gasteiger partial charge in [-0.3, -0.25) is 0 Å². The molecule has 4 rings (SSSR count). The molecule has 2 fully saturated rings. The number of aliphatic hydroxyl groups is 1. The molecule has 0 spiro atoms. The Balaban J connectivity index is 1.33. The van der Waals surface area contributed by atoms with Crippen LogP contribution in [0.1, 0.15) is 25.7 Å². The van der Waals surface area contributed by atoms with Gasteiger partial charge in [-0.05, 0) is 37.7 Å². The van der Waals surface area contributed by atoms with Crippen LogP contribution in [0.4, 0.5) is 19.0 Å². The van der Waals surface area contributed by atoms with Gasteiger partial charge >= 0.3 is 6.18 Å². The second-order valence-electron chi connectivity index (χ2n) is 8.25. The maximum atomic E-state index is 12.9. The molecule has 2 aliphatic rings. The van der Waals surface area contributed by atoms with Crippen LogP contribution in [0.5, 0.6) is 0 Å². The van der Waals surface area contributed by atoms with Crippen LogP contribution in [0.25, 0.3) is 11.0 Å². The van der Waals surface area contributed by atoms with Gasteiger partial charge in [-0.2, -0.15) is 13.2 Å². The largest absolute Gasteiger partial charge is 0.417 e. The van der Waals surface area contributed by atoms with Crippen molar-refractivity contribution in [3.63, 3.8) is 0 Å². The molecule has 8 nitrogen and oxygen atoms in total. The lowest BCUT2D eigenvalue weighted by molar-refractivity contribution is -0.270. The number of H-pyrrole nitrogens is 1. The van der Waals surface area contributed by atoms with Gasteiger partial charge in [-0.15, -0.1) is 0 Å². The van der Waals surface area contributed by atoms with Gasteiger partial charge in [0.2, 0.25) is 10.0 Å². The molecule has 30 heavy (non-hydrogen) atoms. The maximum absolute atomic E-state index is 12.9. The van der Waals surface area contributed by atoms with Gasteiger partial charge < -0.3 is 15.0 Å². The van der Waals surface area contributed by atoms with E-state index >= 15 is 0 Å². The molecule has 2 aromatic heterocycles. The Kier molecular flexibility index (Phi) is 5.22. The van der Waals surface area contributed by atoms with Crippen LogP contribution in [0.3, 0.4) is 0 Å². The number of rotatable bonds is 5. The van der Waals surface area contributed by atoms with Crippen LogP contribution in [-0.2, 0) is 10.0 Å². The third-order valence-electron chi connectivity index (χ3n) is 6.34. The summed E-state index contributed by atoms with van der Waals surface area (Å²) in [6.45, 7) is -0.637. The minimum Gasteiger partial charge on any atom is -0.380 e. The maximum Gasteiger partial charge on any atom is 0.417 e. The average molecular weight is 447 g/mol. The van der Waals surface area contributed by atoms with Crippen molar-refractivity contribution in [2.75, 3.05) is 30.8 Å². The summed E-state index contributed by atoms with van der Waals surface area (Å²) in [5, 5.41) is 10.6. The zero-order valence-electron chi connectivity index (χ0n) is 16.4. The zero-order valence-corrected chi connectivity index (χ0v) is 17.2. The van der Waals surface area contributed by atoms with Gasteiger partial charge in [0.25, 0.3) is 0 Å². The summed E-state index contributed by atoms with van der Waals surface area (Å²) in [7, 11) is -1.76. The Morgan fingerprint density at radius 3 is 2.60 bits per heavy atom. The van der Waals surface area contributed by atoms with Crippen LogP contribution >= 0.6 is 0 Å². The number of hydrogen-bond acceptors (Lipinski definition) is 6. The topological polar surface area (TPSA) is 102 Å². The van der Waals surface area contributed by atoms with Gasteiger partial charge in [0.1, 0.15) is 17.8 Å². The van der Waals surface area contributed by atoms with Crippen LogP contribution in [0, 0.1) is 5.92 Å². The average Bonchev–Trinajstić information content (AvgIpc) is 3.12. The Hall–Kier alpha value is -1.92. The minimum atomic E-state index is -4.75. The number of aromatic nitrogens is 3. The van der Waals surface area contributed by atoms with Crippen LogP contribution in [-0.4, -0.2) is 76.5 Å². The van der Waals surface area contributed by atoms with E-state index in [1.807, 2.05) is 18.0 Å². The summed E-state index contributed by atoms with van der Waals surface area (Å²) in [4.78, 5) is 13.6. The third-order valence-corrected chi connectivity index (χ3v) is 8.39. The molecule has 1 saturated heterocycles. The highest BCUT2D eigenvalue weighted by Gasteiger charge is 2.55. The predicted molar refractivity (Wildman–Crippen MR) is 104 cm³/mol. The highest BCUT2D eigenvalue weighted by atomic mass is 32.2. The second-order valence-corrected chi connectivity index (χ2v) is 10.3. The van der Waals surface area contributed by atoms with E-state index in [-0.39, 0.29) is 30.8 Å². The number of nitrogens with zero attached hydrogens (tertiary/aromatic N) is 4. The summed E-state index contributed by atoms with van der Waals surface area (Å²) in [5.41, 5.74) is -2.07. The molecule has 2 N–H and O–H groups in total. The third kappa shape index (κ3) is 3.76. The fourth-order valence-electron chi connectivity index (χ4n) is 4.29. The summed E-state index contributed by atoms with van der Waals surface area (Å²) < 4.78 is 65.2. The molecule has 1 aliphatic carbocycles. The first-order valence-corrected chi connectivity index (χ1v) is 11.4. The first kappa shape index (κ1) is 21.3. The van der Waals surface area contributed by atoms with E-state index in [1.54, 1.807) is 6.20 Å². The molecule has 0 unspecified atom stereocenters. The van der Waals surface area contributed by atoms with Crippen molar-refractivity contribution < 1.29 is 26.7 Å². The molecule has 0 bridgehead atoms. The van der Waals surface area contributed by atoms with E-state index in [9.17, 15) is 26.7 Å². The highest BCUT2D eigenvalue weighted by molar-refractivity contribution is 7.89. The van der Waals surface area contributed by atoms with E-state index in [4.69, 9.17) is 0 Å². The Bertz CT molecular complexity index is 1010. The number of hydrogen-bond donors (Lipinski definition) is 2. The van der Waals surface area contributed by atoms with E-state index in [0.717, 1.165) is 21.2 Å². The SMILES string of the molecule is CN(c1ncnc2[nH]ccc12)C1CC(CS(=O)(=O)N2CCC(O)(C(F)(F)F)CC2)C1. The predicted octanol–water partition coefficient (Wildman–Crippen LogP) is 1.89. The number of nitrogens with one attached hydrogen (secondary N) is 1. The van der Waals surface area contributed by atoms with Gasteiger partial charge in [0.05, 0.1) is 11.1 Å². The van der Waals surface area contributed by atoms with Crippen molar-refractivity contribution in [3.8, 4) is 0 Å². The van der Waals surface area contributed by atoms with E-state index in [2.05, 4.69) is 15.0 Å². The molecular formula is C18H24F3N5O3S. The molecule has 0 amide bonds. The van der Waals surface area contributed by atoms with Crippen molar-refractivity contribution in [2.45, 2.75) is 43.5 Å². The molecule has 2 aromatic rings. The second kappa shape index (κ2) is 7.34. The lowest BCUT2D eigenvalue weighted by Gasteiger charge is -2.43. The molecule has 1 aliphatic heterocycles. The fraction of sp³-hybridized carbons (Fsp3) is 0.667. The van der Waals surface area contributed by atoms with Crippen LogP contribution in [0.15, 0.2) is 18.6 Å². The fourth-order valence-corrected chi connectivity index (χ4v) is 6.10. The van der Waals surface area contributed by atoms with Gasteiger partial charge in [0.15, 0.2) is 5.60 Å². The number of aromatic amines is 1. The standard InChI is InChI=1S/C18H24F3N5O3S/c1-25(16-14-2-5-22-15(14)23-11-24-16)13-8-12(9-13)10-30(28,29)26-6-3-17(27,4-7-26)18(19,20)21/h2,5,11-13,27H,3-4,6-10H2,1H3,(H,22,23,24). The van der Waals surface area contributed by atoms with Crippen molar-refractivity contribution in [3.05, 3.63) is 18.6 Å². The van der Waals surface area contributed by atoms with E-state index < -0.39 is 34.6 Å². The molecule has 1 saturated carbocycles. The lowest BCUT2D eigenvalue weighted by Crippen LogP contribution is -2.55. The van der Waals surface area contributed by atoms with E-state index in [0.29, 0.717) is 12.8 Å². The Morgan fingerprint density at radius 1 is 1.30 bits per heavy atom. The quantitative estimate of drug-likeness (QED) is 0.726. The van der Waals surface area contributed by atoms with Crippen LogP contribution < -0.4 is 4.90 Å². The van der Waals surface area contributed by atoms with Crippen LogP contribution in [0.2, 0.25) is 0 Å². The Labute approximate surface area is 172 Å². The smallest absolute Gasteiger partial charge is 0.380 e. The monoisotopic (exact) mass is 447 g/mol. The molecule has 3 heterocycles. The molecule has 166 valence electrons. The van der Waals surface area contributed by atoms with Gasteiger partial charge in [-0.25, -0.2) is 22.7 Å². The summed E-state index contributed by atoms with van der Waals surface area (Å²) in [6.07, 6.45) is -1.44. The first-order valence-electron chi connectivity index (χ1n) is 9.78. The van der Waals surface area contributed by atoms with Crippen molar-refractivity contribution in [1.82, 2.24) is 19.3 Å². The minimum absolute atomic E-state index is 0.0607. The molecular weight excluding hydrogens is 423 g/mol. The van der Waals surface area contributed by atoms with Gasteiger partial charge in [-0.1, -0.05) is 0 Å². The highest BCUT2D eigenvalue weighted by Crippen LogP contribution is 2.40. The molecule has 0 aromatic carbocycles. The number of sulfonamides is 1. The summed E-state index contributed by atoms with van der Waals surface area (Å²) in [6, 6.07) is 2.02. The Morgan fingerprint density at radius 2 is 1.97 bits per heavy atom. The number of alkyl halides is 3.